The minimum atomic E-state index is -0.233. The highest BCUT2D eigenvalue weighted by atomic mass is 16.5. The predicted octanol–water partition coefficient (Wildman–Crippen LogP) is 2.62. The summed E-state index contributed by atoms with van der Waals surface area (Å²) in [5.74, 6) is 2.83. The summed E-state index contributed by atoms with van der Waals surface area (Å²) in [7, 11) is 1.62. The summed E-state index contributed by atoms with van der Waals surface area (Å²) >= 11 is 0. The average Bonchev–Trinajstić information content (AvgIpc) is 3.50. The molecule has 0 aliphatic carbocycles. The van der Waals surface area contributed by atoms with E-state index in [2.05, 4.69) is 45.6 Å². The molecule has 0 radical (unpaired) electrons. The third kappa shape index (κ3) is 4.00. The van der Waals surface area contributed by atoms with Crippen LogP contribution in [0.1, 0.15) is 41.9 Å². The van der Waals surface area contributed by atoms with Crippen molar-refractivity contribution in [3.05, 3.63) is 53.9 Å². The summed E-state index contributed by atoms with van der Waals surface area (Å²) in [6.07, 6.45) is 4.97. The van der Waals surface area contributed by atoms with Crippen LogP contribution in [0.2, 0.25) is 0 Å². The molecule has 0 unspecified atom stereocenters. The molecule has 32 heavy (non-hydrogen) atoms. The first-order valence-electron chi connectivity index (χ1n) is 11.1. The molecular weight excluding hydrogens is 406 g/mol. The minimum Gasteiger partial charge on any atom is -0.497 e. The fourth-order valence-corrected chi connectivity index (χ4v) is 4.78. The molecule has 9 nitrogen and oxygen atoms in total. The zero-order chi connectivity index (χ0) is 22.2. The van der Waals surface area contributed by atoms with Crippen molar-refractivity contribution in [1.29, 1.82) is 0 Å². The van der Waals surface area contributed by atoms with E-state index in [1.54, 1.807) is 7.11 Å². The molecule has 1 fully saturated rings. The Morgan fingerprint density at radius 3 is 2.66 bits per heavy atom. The van der Waals surface area contributed by atoms with Gasteiger partial charge in [-0.1, -0.05) is 0 Å². The highest BCUT2D eigenvalue weighted by Crippen LogP contribution is 2.33. The molecule has 0 bridgehead atoms. The van der Waals surface area contributed by atoms with E-state index in [-0.39, 0.29) is 5.91 Å². The van der Waals surface area contributed by atoms with Crippen LogP contribution in [0, 0.1) is 11.8 Å². The molecule has 1 amide bonds. The van der Waals surface area contributed by atoms with E-state index in [1.807, 2.05) is 39.7 Å². The molecule has 2 aliphatic heterocycles. The van der Waals surface area contributed by atoms with Crippen LogP contribution in [0.25, 0.3) is 0 Å². The molecule has 4 heterocycles. The molecular formula is C23H29N7O2. The number of hydrogen-bond donors (Lipinski definition) is 1. The second-order valence-corrected chi connectivity index (χ2v) is 9.07. The third-order valence-electron chi connectivity index (χ3n) is 6.48. The summed E-state index contributed by atoms with van der Waals surface area (Å²) in [6, 6.07) is 7.64. The van der Waals surface area contributed by atoms with Crippen molar-refractivity contribution in [3.63, 3.8) is 0 Å². The summed E-state index contributed by atoms with van der Waals surface area (Å²) in [6.45, 7) is 8.01. The number of ether oxygens (including phenoxy) is 1. The minimum absolute atomic E-state index is 0.233. The molecule has 2 aromatic heterocycles. The molecule has 0 saturated carbocycles. The van der Waals surface area contributed by atoms with Crippen molar-refractivity contribution in [2.24, 2.45) is 11.8 Å². The van der Waals surface area contributed by atoms with Gasteiger partial charge in [-0.3, -0.25) is 14.4 Å². The van der Waals surface area contributed by atoms with Crippen molar-refractivity contribution in [1.82, 2.24) is 29.4 Å². The van der Waals surface area contributed by atoms with E-state index in [9.17, 15) is 4.79 Å². The van der Waals surface area contributed by atoms with Crippen LogP contribution in [0.3, 0.4) is 0 Å². The van der Waals surface area contributed by atoms with E-state index < -0.39 is 0 Å². The lowest BCUT2D eigenvalue weighted by Gasteiger charge is -2.25. The number of nitrogens with zero attached hydrogens (tertiary/aromatic N) is 6. The Kier molecular flexibility index (Phi) is 5.42. The average molecular weight is 436 g/mol. The second-order valence-electron chi connectivity index (χ2n) is 9.07. The summed E-state index contributed by atoms with van der Waals surface area (Å²) in [4.78, 5) is 15.4. The van der Waals surface area contributed by atoms with Crippen LogP contribution < -0.4 is 10.1 Å². The molecule has 5 rings (SSSR count). The lowest BCUT2D eigenvalue weighted by molar-refractivity contribution is 0.100. The molecule has 2 atom stereocenters. The predicted molar refractivity (Wildman–Crippen MR) is 120 cm³/mol. The van der Waals surface area contributed by atoms with Crippen molar-refractivity contribution in [2.75, 3.05) is 25.5 Å². The van der Waals surface area contributed by atoms with Crippen molar-refractivity contribution in [2.45, 2.75) is 39.4 Å². The highest BCUT2D eigenvalue weighted by molar-refractivity contribution is 6.01. The van der Waals surface area contributed by atoms with Crippen molar-refractivity contribution >= 4 is 11.6 Å². The Balaban J connectivity index is 1.24. The van der Waals surface area contributed by atoms with E-state index in [0.29, 0.717) is 29.4 Å². The fourth-order valence-electron chi connectivity index (χ4n) is 4.78. The lowest BCUT2D eigenvalue weighted by atomic mass is 9.89. The topological polar surface area (TPSA) is 90.1 Å². The van der Waals surface area contributed by atoms with E-state index in [4.69, 9.17) is 4.74 Å². The van der Waals surface area contributed by atoms with E-state index in [0.717, 1.165) is 44.2 Å². The number of benzene rings is 1. The fraction of sp³-hybridized carbons (Fsp3) is 0.478. The van der Waals surface area contributed by atoms with Crippen LogP contribution in [0.4, 0.5) is 5.69 Å². The monoisotopic (exact) mass is 435 g/mol. The van der Waals surface area contributed by atoms with Crippen LogP contribution in [-0.2, 0) is 19.5 Å². The van der Waals surface area contributed by atoms with Crippen LogP contribution in [0.15, 0.2) is 36.7 Å². The van der Waals surface area contributed by atoms with Crippen LogP contribution in [-0.4, -0.2) is 55.6 Å². The number of carbonyl (C=O) groups excluding carboxylic acids is 1. The lowest BCUT2D eigenvalue weighted by Crippen LogP contribution is -2.31. The molecule has 1 saturated heterocycles. The maximum Gasteiger partial charge on any atom is 0.293 e. The molecule has 9 heteroatoms. The maximum absolute atomic E-state index is 12.9. The molecule has 2 aliphatic rings. The Hall–Kier alpha value is -3.20. The van der Waals surface area contributed by atoms with Crippen molar-refractivity contribution < 1.29 is 9.53 Å². The highest BCUT2D eigenvalue weighted by Gasteiger charge is 2.39. The number of carbonyl (C=O) groups is 1. The number of aromatic nitrogens is 5. The number of fused-ring (bicyclic) bond motifs is 2. The van der Waals surface area contributed by atoms with E-state index in [1.165, 1.54) is 5.56 Å². The Morgan fingerprint density at radius 2 is 1.94 bits per heavy atom. The van der Waals surface area contributed by atoms with E-state index >= 15 is 0 Å². The SMILES string of the molecule is COc1ccc(NC(=O)c2nnc3n2C[C@H]2CN(Cc4cnn(C(C)C)c4)C[C@@H]2C3)cc1. The zero-order valence-corrected chi connectivity index (χ0v) is 18.7. The number of likely N-dealkylation sites (tertiary alicyclic amines) is 1. The number of anilines is 1. The van der Waals surface area contributed by atoms with Gasteiger partial charge >= 0.3 is 0 Å². The van der Waals surface area contributed by atoms with Crippen LogP contribution in [0.5, 0.6) is 5.75 Å². The molecule has 0 spiro atoms. The Morgan fingerprint density at radius 1 is 1.16 bits per heavy atom. The van der Waals surface area contributed by atoms with Gasteiger partial charge in [0, 0.05) is 56.1 Å². The Bertz CT molecular complexity index is 1100. The standard InChI is InChI=1S/C23H29N7O2/c1-15(2)30-11-16(9-24-30)10-28-12-17-8-21-26-27-22(29(21)14-18(17)13-28)23(31)25-19-4-6-20(32-3)7-5-19/h4-7,9,11,15,17-18H,8,10,12-14H2,1-3H3,(H,25,31)/t17-,18+/m0/s1. The van der Waals surface area contributed by atoms with Crippen LogP contribution >= 0.6 is 0 Å². The quantitative estimate of drug-likeness (QED) is 0.640. The number of hydrogen-bond acceptors (Lipinski definition) is 6. The third-order valence-corrected chi connectivity index (χ3v) is 6.48. The Labute approximate surface area is 187 Å². The first-order valence-corrected chi connectivity index (χ1v) is 11.1. The summed E-state index contributed by atoms with van der Waals surface area (Å²) in [5, 5.41) is 15.9. The number of methoxy groups -OCH3 is 1. The molecule has 1 aromatic carbocycles. The van der Waals surface area contributed by atoms with Gasteiger partial charge in [-0.05, 0) is 49.9 Å². The van der Waals surface area contributed by atoms with Gasteiger partial charge in [0.1, 0.15) is 11.6 Å². The van der Waals surface area contributed by atoms with Crippen molar-refractivity contribution in [3.8, 4) is 5.75 Å². The smallest absolute Gasteiger partial charge is 0.293 e. The van der Waals surface area contributed by atoms with Gasteiger partial charge in [0.05, 0.1) is 13.3 Å². The van der Waals surface area contributed by atoms with Gasteiger partial charge in [0.25, 0.3) is 5.91 Å². The first kappa shape index (κ1) is 20.7. The number of nitrogens with one attached hydrogen (secondary N) is 1. The normalized spacial score (nSPS) is 20.2. The van der Waals surface area contributed by atoms with Gasteiger partial charge in [0.15, 0.2) is 0 Å². The molecule has 3 aromatic rings. The second kappa shape index (κ2) is 8.38. The van der Waals surface area contributed by atoms with Gasteiger partial charge in [0.2, 0.25) is 5.82 Å². The first-order chi connectivity index (χ1) is 15.5. The van der Waals surface area contributed by atoms with Gasteiger partial charge in [-0.15, -0.1) is 10.2 Å². The molecule has 1 N–H and O–H groups in total. The van der Waals surface area contributed by atoms with Gasteiger partial charge < -0.3 is 14.6 Å². The largest absolute Gasteiger partial charge is 0.497 e. The number of amides is 1. The summed E-state index contributed by atoms with van der Waals surface area (Å²) < 4.78 is 9.18. The molecule has 168 valence electrons. The number of rotatable bonds is 6. The maximum atomic E-state index is 12.9. The summed E-state index contributed by atoms with van der Waals surface area (Å²) in [5.41, 5.74) is 1.95. The van der Waals surface area contributed by atoms with Gasteiger partial charge in [-0.25, -0.2) is 0 Å². The van der Waals surface area contributed by atoms with Gasteiger partial charge in [-0.2, -0.15) is 5.10 Å². The zero-order valence-electron chi connectivity index (χ0n) is 18.7.